The molecular formula is C16H27IO4. The van der Waals surface area contributed by atoms with E-state index in [9.17, 15) is 9.90 Å². The average molecular weight is 410 g/mol. The maximum absolute atomic E-state index is 12.3. The van der Waals surface area contributed by atoms with Crippen molar-refractivity contribution in [3.8, 4) is 0 Å². The van der Waals surface area contributed by atoms with Gasteiger partial charge in [0, 0.05) is 0 Å². The van der Waals surface area contributed by atoms with Crippen molar-refractivity contribution in [3.05, 3.63) is 0 Å². The molecule has 1 aliphatic carbocycles. The molecule has 122 valence electrons. The molecule has 5 heteroatoms. The van der Waals surface area contributed by atoms with Crippen molar-refractivity contribution in [3.63, 3.8) is 0 Å². The number of carbonyl (C=O) groups is 1. The van der Waals surface area contributed by atoms with Crippen LogP contribution < -0.4 is 0 Å². The molecule has 1 aliphatic heterocycles. The summed E-state index contributed by atoms with van der Waals surface area (Å²) >= 11 is 2.32. The molecule has 0 aromatic heterocycles. The molecule has 1 saturated carbocycles. The number of rotatable bonds is 8. The van der Waals surface area contributed by atoms with Gasteiger partial charge in [0.05, 0.1) is 16.1 Å². The molecule has 0 unspecified atom stereocenters. The van der Waals surface area contributed by atoms with E-state index in [-0.39, 0.29) is 15.5 Å². The van der Waals surface area contributed by atoms with Crippen LogP contribution in [0.15, 0.2) is 0 Å². The van der Waals surface area contributed by atoms with Crippen LogP contribution in [0.5, 0.6) is 0 Å². The van der Waals surface area contributed by atoms with Gasteiger partial charge in [0.2, 0.25) is 0 Å². The van der Waals surface area contributed by atoms with Gasteiger partial charge < -0.3 is 14.6 Å². The van der Waals surface area contributed by atoms with E-state index in [2.05, 4.69) is 29.5 Å². The second kappa shape index (κ2) is 6.32. The van der Waals surface area contributed by atoms with Gasteiger partial charge in [-0.25, -0.2) is 0 Å². The molecule has 1 heterocycles. The highest BCUT2D eigenvalue weighted by Crippen LogP contribution is 2.75. The fourth-order valence-corrected chi connectivity index (χ4v) is 5.39. The Morgan fingerprint density at radius 2 is 2.00 bits per heavy atom. The first-order valence-electron chi connectivity index (χ1n) is 8.12. The minimum absolute atomic E-state index is 0.0564. The van der Waals surface area contributed by atoms with Gasteiger partial charge in [-0.2, -0.15) is 0 Å². The maximum atomic E-state index is 12.3. The van der Waals surface area contributed by atoms with Crippen LogP contribution in [0.1, 0.15) is 65.7 Å². The van der Waals surface area contributed by atoms with Gasteiger partial charge in [0.1, 0.15) is 5.41 Å². The van der Waals surface area contributed by atoms with E-state index in [1.807, 2.05) is 0 Å². The zero-order valence-corrected chi connectivity index (χ0v) is 15.4. The summed E-state index contributed by atoms with van der Waals surface area (Å²) in [4.78, 5) is 12.3. The van der Waals surface area contributed by atoms with E-state index < -0.39 is 11.2 Å². The van der Waals surface area contributed by atoms with E-state index in [0.717, 1.165) is 12.8 Å². The van der Waals surface area contributed by atoms with E-state index in [1.54, 1.807) is 13.8 Å². The van der Waals surface area contributed by atoms with Gasteiger partial charge in [0.15, 0.2) is 5.79 Å². The van der Waals surface area contributed by atoms with Gasteiger partial charge in [-0.05, 0) is 26.7 Å². The second-order valence-corrected chi connectivity index (χ2v) is 8.38. The highest BCUT2D eigenvalue weighted by atomic mass is 127. The van der Waals surface area contributed by atoms with Gasteiger partial charge in [0.25, 0.3) is 0 Å². The lowest BCUT2D eigenvalue weighted by Crippen LogP contribution is -2.43. The topological polar surface area (TPSA) is 55.8 Å². The smallest absolute Gasteiger partial charge is 0.319 e. The SMILES string of the molecule is CCCCCCC[C@H]1O[C@@](C)(O)[C@]2(C(=O)OCC)C[C@]12I. The summed E-state index contributed by atoms with van der Waals surface area (Å²) in [5.74, 6) is -1.72. The Labute approximate surface area is 141 Å². The largest absolute Gasteiger partial charge is 0.465 e. The number of ether oxygens (including phenoxy) is 2. The molecule has 1 saturated heterocycles. The summed E-state index contributed by atoms with van der Waals surface area (Å²) in [5.41, 5.74) is -0.870. The first-order valence-corrected chi connectivity index (χ1v) is 9.20. The summed E-state index contributed by atoms with van der Waals surface area (Å²) in [5, 5.41) is 10.6. The monoisotopic (exact) mass is 410 g/mol. The summed E-state index contributed by atoms with van der Waals surface area (Å²) in [6.45, 7) is 5.95. The first kappa shape index (κ1) is 17.5. The lowest BCUT2D eigenvalue weighted by Gasteiger charge is -2.27. The van der Waals surface area contributed by atoms with Crippen LogP contribution in [0, 0.1) is 5.41 Å². The lowest BCUT2D eigenvalue weighted by atomic mass is 9.94. The Balaban J connectivity index is 1.97. The van der Waals surface area contributed by atoms with Crippen molar-refractivity contribution >= 4 is 28.6 Å². The molecule has 0 radical (unpaired) electrons. The maximum Gasteiger partial charge on any atom is 0.319 e. The molecule has 0 bridgehead atoms. The van der Waals surface area contributed by atoms with Gasteiger partial charge in [-0.1, -0.05) is 61.6 Å². The van der Waals surface area contributed by atoms with E-state index in [1.165, 1.54) is 25.7 Å². The number of aliphatic hydroxyl groups is 1. The molecule has 2 aliphatic rings. The summed E-state index contributed by atoms with van der Waals surface area (Å²) in [6.07, 6.45) is 7.54. The Kier molecular flexibility index (Phi) is 5.26. The summed E-state index contributed by atoms with van der Waals surface area (Å²) < 4.78 is 10.7. The van der Waals surface area contributed by atoms with Gasteiger partial charge in [-0.15, -0.1) is 0 Å². The first-order chi connectivity index (χ1) is 9.85. The zero-order chi connectivity index (χ0) is 15.7. The van der Waals surface area contributed by atoms with Crippen molar-refractivity contribution in [2.45, 2.75) is 81.0 Å². The van der Waals surface area contributed by atoms with Crippen molar-refractivity contribution in [1.29, 1.82) is 0 Å². The van der Waals surface area contributed by atoms with E-state index in [4.69, 9.17) is 9.47 Å². The van der Waals surface area contributed by atoms with Crippen molar-refractivity contribution in [2.75, 3.05) is 6.61 Å². The fraction of sp³-hybridized carbons (Fsp3) is 0.938. The number of hydrogen-bond acceptors (Lipinski definition) is 4. The molecule has 2 fully saturated rings. The zero-order valence-electron chi connectivity index (χ0n) is 13.3. The molecule has 0 amide bonds. The molecule has 4 atom stereocenters. The van der Waals surface area contributed by atoms with Crippen LogP contribution in [0.3, 0.4) is 0 Å². The van der Waals surface area contributed by atoms with E-state index in [0.29, 0.717) is 13.0 Å². The molecule has 1 N–H and O–H groups in total. The molecule has 4 nitrogen and oxygen atoms in total. The number of carbonyl (C=O) groups excluding carboxylic acids is 1. The standard InChI is InChI=1S/C16H27IO4/c1-4-6-7-8-9-10-12-16(17)11-15(16,13(18)20-5-2)14(3,19)21-12/h12,19H,4-11H2,1-3H3/t12-,14-,15-,16+/m1/s1. The predicted octanol–water partition coefficient (Wildman–Crippen LogP) is 3.58. The van der Waals surface area contributed by atoms with Gasteiger partial charge >= 0.3 is 5.97 Å². The predicted molar refractivity (Wildman–Crippen MR) is 89.3 cm³/mol. The Morgan fingerprint density at radius 1 is 1.33 bits per heavy atom. The molecule has 0 spiro atoms. The third-order valence-corrected chi connectivity index (χ3v) is 6.97. The lowest BCUT2D eigenvalue weighted by molar-refractivity contribution is -0.229. The Bertz CT molecular complexity index is 398. The number of alkyl halides is 1. The molecule has 2 rings (SSSR count). The molecule has 0 aromatic carbocycles. The summed E-state index contributed by atoms with van der Waals surface area (Å²) in [7, 11) is 0. The van der Waals surface area contributed by atoms with Crippen LogP contribution >= 0.6 is 22.6 Å². The highest BCUT2D eigenvalue weighted by molar-refractivity contribution is 14.1. The van der Waals surface area contributed by atoms with Crippen molar-refractivity contribution in [2.24, 2.45) is 5.41 Å². The molecule has 21 heavy (non-hydrogen) atoms. The normalized spacial score (nSPS) is 40.9. The van der Waals surface area contributed by atoms with Crippen LogP contribution in [-0.4, -0.2) is 33.0 Å². The number of fused-ring (bicyclic) bond motifs is 1. The fourth-order valence-electron chi connectivity index (χ4n) is 3.66. The minimum Gasteiger partial charge on any atom is -0.465 e. The Morgan fingerprint density at radius 3 is 2.57 bits per heavy atom. The average Bonchev–Trinajstić information content (AvgIpc) is 3.03. The van der Waals surface area contributed by atoms with Crippen molar-refractivity contribution in [1.82, 2.24) is 0 Å². The third kappa shape index (κ3) is 2.74. The quantitative estimate of drug-likeness (QED) is 0.288. The Hall–Kier alpha value is 0.120. The number of unbranched alkanes of at least 4 members (excludes halogenated alkanes) is 4. The van der Waals surface area contributed by atoms with Crippen LogP contribution in [-0.2, 0) is 14.3 Å². The number of esters is 1. The number of hydrogen-bond donors (Lipinski definition) is 1. The van der Waals surface area contributed by atoms with Crippen LogP contribution in [0.4, 0.5) is 0 Å². The van der Waals surface area contributed by atoms with Gasteiger partial charge in [-0.3, -0.25) is 4.79 Å². The number of halogens is 1. The third-order valence-electron chi connectivity index (χ3n) is 4.97. The summed E-state index contributed by atoms with van der Waals surface area (Å²) in [6, 6.07) is 0. The molecular weight excluding hydrogens is 383 g/mol. The van der Waals surface area contributed by atoms with Crippen molar-refractivity contribution < 1.29 is 19.4 Å². The van der Waals surface area contributed by atoms with Crippen LogP contribution in [0.25, 0.3) is 0 Å². The minimum atomic E-state index is -1.41. The van der Waals surface area contributed by atoms with E-state index >= 15 is 0 Å². The highest BCUT2D eigenvalue weighted by Gasteiger charge is 2.87. The van der Waals surface area contributed by atoms with Crippen LogP contribution in [0.2, 0.25) is 0 Å². The molecule has 0 aromatic rings. The second-order valence-electron chi connectivity index (χ2n) is 6.46.